The predicted molar refractivity (Wildman–Crippen MR) is 33.4 cm³/mol. The molecule has 0 amide bonds. The molecule has 0 aliphatic carbocycles. The normalized spacial score (nSPS) is 44.9. The average Bonchev–Trinajstić information content (AvgIpc) is 2.29. The number of hydrogen-bond donors (Lipinski definition) is 2. The molecule has 1 aliphatic rings. The second kappa shape index (κ2) is 3.30. The summed E-state index contributed by atoms with van der Waals surface area (Å²) in [6.07, 6.45) is -2.69. The molecule has 1 heterocycles. The van der Waals surface area contributed by atoms with Crippen LogP contribution in [0.2, 0.25) is 0 Å². The monoisotopic (exact) mass is 150 g/mol. The van der Waals surface area contributed by atoms with Crippen molar-refractivity contribution in [2.24, 2.45) is 0 Å². The second-order valence-corrected chi connectivity index (χ2v) is 2.15. The summed E-state index contributed by atoms with van der Waals surface area (Å²) in [5.41, 5.74) is 0. The summed E-state index contributed by atoms with van der Waals surface area (Å²) in [6, 6.07) is 0. The SMILES string of the molecule is [2H]C([2H])(O)[C@H]1OC(OC)C[C@@H]1O. The standard InChI is InChI=1S/C6H12O4/c1-9-6-2-4(8)5(3-7)10-6/h4-8H,2-3H2,1H3/t4-,5+,6?/m0/s1/i3D2. The molecule has 60 valence electrons. The summed E-state index contributed by atoms with van der Waals surface area (Å²) in [5, 5.41) is 18.1. The van der Waals surface area contributed by atoms with Gasteiger partial charge in [-0.05, 0) is 0 Å². The zero-order valence-corrected chi connectivity index (χ0v) is 5.65. The van der Waals surface area contributed by atoms with E-state index in [0.29, 0.717) is 0 Å². The number of methoxy groups -OCH3 is 1. The molecule has 1 saturated heterocycles. The molecule has 0 bridgehead atoms. The Hall–Kier alpha value is -0.160. The Balaban J connectivity index is 2.58. The summed E-state index contributed by atoms with van der Waals surface area (Å²) in [6.45, 7) is -2.52. The van der Waals surface area contributed by atoms with Crippen LogP contribution in [0.3, 0.4) is 0 Å². The number of ether oxygens (including phenoxy) is 2. The molecule has 0 aromatic carbocycles. The maximum Gasteiger partial charge on any atom is 0.160 e. The van der Waals surface area contributed by atoms with Gasteiger partial charge in [0.25, 0.3) is 0 Å². The van der Waals surface area contributed by atoms with Gasteiger partial charge in [-0.1, -0.05) is 0 Å². The number of aliphatic hydroxyl groups excluding tert-OH is 1. The van der Waals surface area contributed by atoms with E-state index in [4.69, 9.17) is 17.3 Å². The lowest BCUT2D eigenvalue weighted by atomic mass is 10.2. The zero-order chi connectivity index (χ0) is 9.35. The van der Waals surface area contributed by atoms with Crippen LogP contribution in [0.25, 0.3) is 0 Å². The minimum atomic E-state index is -2.52. The van der Waals surface area contributed by atoms with Gasteiger partial charge in [0.1, 0.15) is 6.10 Å². The van der Waals surface area contributed by atoms with Gasteiger partial charge in [-0.2, -0.15) is 0 Å². The highest BCUT2D eigenvalue weighted by Crippen LogP contribution is 2.19. The van der Waals surface area contributed by atoms with Crippen molar-refractivity contribution in [2.75, 3.05) is 13.7 Å². The largest absolute Gasteiger partial charge is 0.394 e. The topological polar surface area (TPSA) is 58.9 Å². The van der Waals surface area contributed by atoms with Crippen molar-refractivity contribution in [2.45, 2.75) is 24.9 Å². The first-order chi connectivity index (χ1) is 5.45. The molecule has 3 atom stereocenters. The summed E-state index contributed by atoms with van der Waals surface area (Å²) in [7, 11) is 1.40. The van der Waals surface area contributed by atoms with E-state index in [-0.39, 0.29) is 6.42 Å². The third-order valence-corrected chi connectivity index (χ3v) is 1.47. The Morgan fingerprint density at radius 2 is 2.60 bits per heavy atom. The van der Waals surface area contributed by atoms with E-state index in [1.54, 1.807) is 0 Å². The molecule has 0 saturated carbocycles. The number of rotatable bonds is 2. The Morgan fingerprint density at radius 3 is 2.90 bits per heavy atom. The first-order valence-electron chi connectivity index (χ1n) is 4.04. The molecular weight excluding hydrogens is 136 g/mol. The van der Waals surface area contributed by atoms with E-state index in [2.05, 4.69) is 0 Å². The molecule has 1 aliphatic heterocycles. The molecular formula is C6H12O4. The third-order valence-electron chi connectivity index (χ3n) is 1.47. The maximum atomic E-state index is 9.22. The smallest absolute Gasteiger partial charge is 0.160 e. The van der Waals surface area contributed by atoms with Gasteiger partial charge in [-0.25, -0.2) is 0 Å². The fourth-order valence-corrected chi connectivity index (χ4v) is 0.899. The van der Waals surface area contributed by atoms with Crippen molar-refractivity contribution in [1.82, 2.24) is 0 Å². The molecule has 2 N–H and O–H groups in total. The minimum absolute atomic E-state index is 0.182. The van der Waals surface area contributed by atoms with Crippen LogP contribution in [-0.2, 0) is 9.47 Å². The molecule has 1 rings (SSSR count). The van der Waals surface area contributed by atoms with E-state index in [1.165, 1.54) is 7.11 Å². The van der Waals surface area contributed by atoms with Crippen LogP contribution in [0.4, 0.5) is 0 Å². The Morgan fingerprint density at radius 1 is 1.90 bits per heavy atom. The predicted octanol–water partition coefficient (Wildman–Crippen LogP) is -0.899. The van der Waals surface area contributed by atoms with Gasteiger partial charge in [-0.15, -0.1) is 0 Å². The van der Waals surface area contributed by atoms with Crippen molar-refractivity contribution < 1.29 is 22.4 Å². The average molecular weight is 150 g/mol. The maximum absolute atomic E-state index is 9.22. The summed E-state index contributed by atoms with van der Waals surface area (Å²) >= 11 is 0. The van der Waals surface area contributed by atoms with E-state index in [0.717, 1.165) is 0 Å². The Kier molecular flexibility index (Phi) is 1.81. The fraction of sp³-hybridized carbons (Fsp3) is 1.00. The molecule has 4 nitrogen and oxygen atoms in total. The van der Waals surface area contributed by atoms with Gasteiger partial charge in [0, 0.05) is 13.5 Å². The molecule has 1 unspecified atom stereocenters. The van der Waals surface area contributed by atoms with Gasteiger partial charge in [0.05, 0.1) is 15.4 Å². The van der Waals surface area contributed by atoms with Crippen LogP contribution in [0.5, 0.6) is 0 Å². The van der Waals surface area contributed by atoms with Crippen molar-refractivity contribution in [1.29, 1.82) is 0 Å². The van der Waals surface area contributed by atoms with E-state index >= 15 is 0 Å². The summed E-state index contributed by atoms with van der Waals surface area (Å²) in [5.74, 6) is 0. The lowest BCUT2D eigenvalue weighted by Gasteiger charge is -2.09. The van der Waals surface area contributed by atoms with Gasteiger partial charge in [0.2, 0.25) is 0 Å². The van der Waals surface area contributed by atoms with Gasteiger partial charge in [-0.3, -0.25) is 0 Å². The van der Waals surface area contributed by atoms with Crippen molar-refractivity contribution in [3.63, 3.8) is 0 Å². The molecule has 0 aromatic heterocycles. The van der Waals surface area contributed by atoms with Crippen molar-refractivity contribution in [3.8, 4) is 0 Å². The molecule has 0 aromatic rings. The summed E-state index contributed by atoms with van der Waals surface area (Å²) < 4.78 is 23.4. The highest BCUT2D eigenvalue weighted by atomic mass is 16.7. The summed E-state index contributed by atoms with van der Waals surface area (Å²) in [4.78, 5) is 0. The number of hydrogen-bond acceptors (Lipinski definition) is 4. The Bertz CT molecular complexity index is 158. The number of aliphatic hydroxyl groups is 2. The van der Waals surface area contributed by atoms with Gasteiger partial charge in [0.15, 0.2) is 6.29 Å². The van der Waals surface area contributed by atoms with Crippen LogP contribution in [0.1, 0.15) is 9.16 Å². The lowest BCUT2D eigenvalue weighted by molar-refractivity contribution is -0.127. The van der Waals surface area contributed by atoms with E-state index in [1.807, 2.05) is 0 Å². The zero-order valence-electron chi connectivity index (χ0n) is 7.65. The molecule has 10 heavy (non-hydrogen) atoms. The Labute approximate surface area is 62.2 Å². The van der Waals surface area contributed by atoms with Crippen LogP contribution < -0.4 is 0 Å². The van der Waals surface area contributed by atoms with Crippen molar-refractivity contribution in [3.05, 3.63) is 0 Å². The van der Waals surface area contributed by atoms with Gasteiger partial charge >= 0.3 is 0 Å². The van der Waals surface area contributed by atoms with E-state index < -0.39 is 25.1 Å². The molecule has 1 fully saturated rings. The first kappa shape index (κ1) is 5.49. The first-order valence-corrected chi connectivity index (χ1v) is 3.04. The molecule has 4 heteroatoms. The van der Waals surface area contributed by atoms with Crippen LogP contribution in [0, 0.1) is 0 Å². The van der Waals surface area contributed by atoms with E-state index in [9.17, 15) is 5.11 Å². The second-order valence-electron chi connectivity index (χ2n) is 2.15. The fourth-order valence-electron chi connectivity index (χ4n) is 0.899. The van der Waals surface area contributed by atoms with Crippen molar-refractivity contribution >= 4 is 0 Å². The van der Waals surface area contributed by atoms with Crippen LogP contribution in [0.15, 0.2) is 0 Å². The third kappa shape index (κ3) is 1.46. The van der Waals surface area contributed by atoms with Gasteiger partial charge < -0.3 is 19.7 Å². The minimum Gasteiger partial charge on any atom is -0.394 e. The highest BCUT2D eigenvalue weighted by Gasteiger charge is 2.32. The van der Waals surface area contributed by atoms with Crippen LogP contribution in [-0.4, -0.2) is 42.4 Å². The van der Waals surface area contributed by atoms with Crippen LogP contribution >= 0.6 is 0 Å². The molecule has 0 spiro atoms. The quantitative estimate of drug-likeness (QED) is 0.535. The highest BCUT2D eigenvalue weighted by molar-refractivity contribution is 4.76. The molecule has 0 radical (unpaired) electrons. The lowest BCUT2D eigenvalue weighted by Crippen LogP contribution is -2.24.